The molecule has 1 rings (SSSR count). The lowest BCUT2D eigenvalue weighted by molar-refractivity contribution is 0.0888. The Balaban J connectivity index is 2.49. The molecule has 0 aliphatic carbocycles. The van der Waals surface area contributed by atoms with Crippen molar-refractivity contribution in [2.75, 3.05) is 53.1 Å². The molecule has 1 heterocycles. The van der Waals surface area contributed by atoms with Gasteiger partial charge in [0.15, 0.2) is 0 Å². The van der Waals surface area contributed by atoms with Gasteiger partial charge in [0.05, 0.1) is 13.2 Å². The number of ether oxygens (including phenoxy) is 2. The molecule has 18 heavy (non-hydrogen) atoms. The average Bonchev–Trinajstić information content (AvgIpc) is 2.81. The zero-order chi connectivity index (χ0) is 13.4. The smallest absolute Gasteiger partial charge is 0.0589 e. The van der Waals surface area contributed by atoms with E-state index in [1.165, 1.54) is 0 Å². The first-order valence-electron chi connectivity index (χ1n) is 7.14. The summed E-state index contributed by atoms with van der Waals surface area (Å²) in [6.45, 7) is 13.5. The highest BCUT2D eigenvalue weighted by molar-refractivity contribution is 4.88. The number of likely N-dealkylation sites (N-methyl/N-ethyl adjacent to an activating group) is 1. The predicted octanol–water partition coefficient (Wildman–Crippen LogP) is 1.36. The van der Waals surface area contributed by atoms with Crippen LogP contribution in [-0.2, 0) is 9.47 Å². The van der Waals surface area contributed by atoms with Crippen LogP contribution in [0.15, 0.2) is 0 Å². The second-order valence-electron chi connectivity index (χ2n) is 5.70. The Bertz CT molecular complexity index is 216. The summed E-state index contributed by atoms with van der Waals surface area (Å²) in [6.07, 6.45) is 1.16. The molecule has 4 heteroatoms. The van der Waals surface area contributed by atoms with E-state index in [0.717, 1.165) is 52.4 Å². The highest BCUT2D eigenvalue weighted by atomic mass is 16.5. The summed E-state index contributed by atoms with van der Waals surface area (Å²) in [5.74, 6) is 0. The van der Waals surface area contributed by atoms with Gasteiger partial charge in [-0.1, -0.05) is 20.8 Å². The maximum absolute atomic E-state index is 5.64. The first-order chi connectivity index (χ1) is 8.62. The first kappa shape index (κ1) is 15.9. The van der Waals surface area contributed by atoms with E-state index < -0.39 is 0 Å². The van der Waals surface area contributed by atoms with Crippen molar-refractivity contribution in [3.63, 3.8) is 0 Å². The van der Waals surface area contributed by atoms with Gasteiger partial charge in [0, 0.05) is 44.8 Å². The molecule has 0 amide bonds. The number of methoxy groups -OCH3 is 1. The van der Waals surface area contributed by atoms with Gasteiger partial charge in [0.1, 0.15) is 0 Å². The van der Waals surface area contributed by atoms with Gasteiger partial charge in [0.2, 0.25) is 0 Å². The van der Waals surface area contributed by atoms with E-state index in [-0.39, 0.29) is 5.41 Å². The van der Waals surface area contributed by atoms with E-state index in [9.17, 15) is 0 Å². The molecule has 0 aromatic heterocycles. The summed E-state index contributed by atoms with van der Waals surface area (Å²) < 4.78 is 10.8. The van der Waals surface area contributed by atoms with Gasteiger partial charge in [-0.05, 0) is 13.0 Å². The standard InChI is InChI=1S/C14H30N2O2/c1-5-16(7-9-17-4)11-14(6-8-18-12-14)10-15-13(2)3/h13,15H,5-12H2,1-4H3. The summed E-state index contributed by atoms with van der Waals surface area (Å²) in [4.78, 5) is 2.47. The third kappa shape index (κ3) is 5.22. The van der Waals surface area contributed by atoms with E-state index in [4.69, 9.17) is 9.47 Å². The van der Waals surface area contributed by atoms with Crippen molar-refractivity contribution in [3.05, 3.63) is 0 Å². The van der Waals surface area contributed by atoms with E-state index in [1.807, 2.05) is 0 Å². The number of hydrogen-bond donors (Lipinski definition) is 1. The van der Waals surface area contributed by atoms with Crippen molar-refractivity contribution in [1.29, 1.82) is 0 Å². The molecular formula is C14H30N2O2. The Morgan fingerprint density at radius 3 is 2.72 bits per heavy atom. The van der Waals surface area contributed by atoms with Crippen LogP contribution in [0.2, 0.25) is 0 Å². The fourth-order valence-electron chi connectivity index (χ4n) is 2.43. The third-order valence-electron chi connectivity index (χ3n) is 3.69. The molecule has 4 nitrogen and oxygen atoms in total. The van der Waals surface area contributed by atoms with Crippen LogP contribution in [0.4, 0.5) is 0 Å². The molecule has 1 saturated heterocycles. The van der Waals surface area contributed by atoms with Crippen molar-refractivity contribution in [2.24, 2.45) is 5.41 Å². The van der Waals surface area contributed by atoms with Gasteiger partial charge < -0.3 is 19.7 Å². The maximum Gasteiger partial charge on any atom is 0.0589 e. The number of rotatable bonds is 9. The second kappa shape index (κ2) is 8.10. The van der Waals surface area contributed by atoms with Crippen molar-refractivity contribution < 1.29 is 9.47 Å². The second-order valence-corrected chi connectivity index (χ2v) is 5.70. The molecule has 0 spiro atoms. The molecule has 0 saturated carbocycles. The molecule has 1 aliphatic heterocycles. The topological polar surface area (TPSA) is 33.7 Å². The Morgan fingerprint density at radius 2 is 2.22 bits per heavy atom. The molecule has 108 valence electrons. The fourth-order valence-corrected chi connectivity index (χ4v) is 2.43. The number of nitrogens with one attached hydrogen (secondary N) is 1. The SMILES string of the molecule is CCN(CCOC)CC1(CNC(C)C)CCOC1. The van der Waals surface area contributed by atoms with Crippen LogP contribution in [0.3, 0.4) is 0 Å². The predicted molar refractivity (Wildman–Crippen MR) is 75.0 cm³/mol. The Labute approximate surface area is 112 Å². The van der Waals surface area contributed by atoms with E-state index in [1.54, 1.807) is 7.11 Å². The number of nitrogens with zero attached hydrogens (tertiary/aromatic N) is 1. The minimum atomic E-state index is 0.286. The Kier molecular flexibility index (Phi) is 7.15. The van der Waals surface area contributed by atoms with Gasteiger partial charge in [-0.15, -0.1) is 0 Å². The van der Waals surface area contributed by atoms with E-state index >= 15 is 0 Å². The molecule has 1 aliphatic rings. The van der Waals surface area contributed by atoms with Gasteiger partial charge in [0.25, 0.3) is 0 Å². The normalized spacial score (nSPS) is 24.3. The van der Waals surface area contributed by atoms with Gasteiger partial charge in [-0.2, -0.15) is 0 Å². The minimum Gasteiger partial charge on any atom is -0.383 e. The van der Waals surface area contributed by atoms with Crippen LogP contribution in [-0.4, -0.2) is 64.1 Å². The van der Waals surface area contributed by atoms with Gasteiger partial charge in [-0.25, -0.2) is 0 Å². The number of hydrogen-bond acceptors (Lipinski definition) is 4. The molecule has 1 atom stereocenters. The van der Waals surface area contributed by atoms with Crippen molar-refractivity contribution in [2.45, 2.75) is 33.2 Å². The molecule has 0 bridgehead atoms. The van der Waals surface area contributed by atoms with Crippen LogP contribution < -0.4 is 5.32 Å². The zero-order valence-electron chi connectivity index (χ0n) is 12.5. The molecule has 1 unspecified atom stereocenters. The summed E-state index contributed by atoms with van der Waals surface area (Å²) in [6, 6.07) is 0.538. The minimum absolute atomic E-state index is 0.286. The lowest BCUT2D eigenvalue weighted by Gasteiger charge is -2.34. The largest absolute Gasteiger partial charge is 0.383 e. The highest BCUT2D eigenvalue weighted by Gasteiger charge is 2.36. The van der Waals surface area contributed by atoms with Crippen LogP contribution >= 0.6 is 0 Å². The molecule has 1 fully saturated rings. The molecular weight excluding hydrogens is 228 g/mol. The third-order valence-corrected chi connectivity index (χ3v) is 3.69. The van der Waals surface area contributed by atoms with Crippen LogP contribution in [0.5, 0.6) is 0 Å². The summed E-state index contributed by atoms with van der Waals surface area (Å²) in [5.41, 5.74) is 0.286. The van der Waals surface area contributed by atoms with Gasteiger partial charge in [-0.3, -0.25) is 0 Å². The molecule has 0 aromatic rings. The molecule has 1 N–H and O–H groups in total. The summed E-state index contributed by atoms with van der Waals surface area (Å²) in [5, 5.41) is 3.58. The van der Waals surface area contributed by atoms with E-state index in [0.29, 0.717) is 6.04 Å². The van der Waals surface area contributed by atoms with Crippen LogP contribution in [0.25, 0.3) is 0 Å². The van der Waals surface area contributed by atoms with E-state index in [2.05, 4.69) is 31.0 Å². The van der Waals surface area contributed by atoms with Crippen LogP contribution in [0.1, 0.15) is 27.2 Å². The molecule has 0 radical (unpaired) electrons. The summed E-state index contributed by atoms with van der Waals surface area (Å²) in [7, 11) is 1.77. The van der Waals surface area contributed by atoms with Crippen molar-refractivity contribution in [3.8, 4) is 0 Å². The monoisotopic (exact) mass is 258 g/mol. The van der Waals surface area contributed by atoms with Crippen LogP contribution in [0, 0.1) is 5.41 Å². The fraction of sp³-hybridized carbons (Fsp3) is 1.00. The van der Waals surface area contributed by atoms with Gasteiger partial charge >= 0.3 is 0 Å². The van der Waals surface area contributed by atoms with Crippen molar-refractivity contribution >= 4 is 0 Å². The molecule has 0 aromatic carbocycles. The summed E-state index contributed by atoms with van der Waals surface area (Å²) >= 11 is 0. The Hall–Kier alpha value is -0.160. The highest BCUT2D eigenvalue weighted by Crippen LogP contribution is 2.29. The quantitative estimate of drug-likeness (QED) is 0.677. The lowest BCUT2D eigenvalue weighted by Crippen LogP contribution is -2.46. The lowest BCUT2D eigenvalue weighted by atomic mass is 9.86. The zero-order valence-corrected chi connectivity index (χ0v) is 12.5. The van der Waals surface area contributed by atoms with Crippen molar-refractivity contribution in [1.82, 2.24) is 10.2 Å². The Morgan fingerprint density at radius 1 is 1.44 bits per heavy atom. The average molecular weight is 258 g/mol. The maximum atomic E-state index is 5.64. The first-order valence-corrected chi connectivity index (χ1v) is 7.14.